The van der Waals surface area contributed by atoms with Crippen molar-refractivity contribution in [2.45, 2.75) is 19.9 Å². The summed E-state index contributed by atoms with van der Waals surface area (Å²) in [6.45, 7) is 4.97. The lowest BCUT2D eigenvalue weighted by Gasteiger charge is -2.24. The van der Waals surface area contributed by atoms with E-state index in [-0.39, 0.29) is 23.7 Å². The number of hydrogen-bond donors (Lipinski definition) is 1. The van der Waals surface area contributed by atoms with Crippen LogP contribution in [0.3, 0.4) is 0 Å². The number of amides is 2. The van der Waals surface area contributed by atoms with Gasteiger partial charge < -0.3 is 10.2 Å². The smallest absolute Gasteiger partial charge is 0.282 e. The summed E-state index contributed by atoms with van der Waals surface area (Å²) in [6.07, 6.45) is 0. The van der Waals surface area contributed by atoms with E-state index in [2.05, 4.69) is 19.2 Å². The molecule has 1 aromatic carbocycles. The van der Waals surface area contributed by atoms with Crippen LogP contribution in [0.5, 0.6) is 0 Å². The van der Waals surface area contributed by atoms with Gasteiger partial charge in [-0.2, -0.15) is 0 Å². The lowest BCUT2D eigenvalue weighted by atomic mass is 9.96. The van der Waals surface area contributed by atoms with Crippen LogP contribution in [0.1, 0.15) is 25.5 Å². The van der Waals surface area contributed by atoms with Gasteiger partial charge in [0.05, 0.1) is 6.04 Å². The van der Waals surface area contributed by atoms with Crippen LogP contribution in [-0.4, -0.2) is 34.9 Å². The standard InChI is InChI=1S/C15H20N2O2S/c1-11(2)14(12-6-4-3-5-7-12)16-13(18)10-17-8-9-20-15(17)19/h3-7,11,14H,8-10H2,1-2H3,(H,16,18)/t14-/m0/s1. The Kier molecular flexibility index (Phi) is 5.06. The van der Waals surface area contributed by atoms with Crippen molar-refractivity contribution < 1.29 is 9.59 Å². The molecule has 0 radical (unpaired) electrons. The van der Waals surface area contributed by atoms with E-state index in [4.69, 9.17) is 0 Å². The minimum Gasteiger partial charge on any atom is -0.347 e. The molecule has 2 amide bonds. The van der Waals surface area contributed by atoms with E-state index >= 15 is 0 Å². The molecule has 1 saturated heterocycles. The summed E-state index contributed by atoms with van der Waals surface area (Å²) in [4.78, 5) is 25.2. The number of rotatable bonds is 5. The first kappa shape index (κ1) is 14.9. The minimum atomic E-state index is -0.0941. The molecule has 0 unspecified atom stereocenters. The maximum Gasteiger partial charge on any atom is 0.282 e. The molecule has 1 fully saturated rings. The molecule has 0 aromatic heterocycles. The van der Waals surface area contributed by atoms with E-state index in [0.29, 0.717) is 12.5 Å². The van der Waals surface area contributed by atoms with E-state index < -0.39 is 0 Å². The number of carbonyl (C=O) groups is 2. The van der Waals surface area contributed by atoms with Crippen molar-refractivity contribution in [2.75, 3.05) is 18.8 Å². The first-order chi connectivity index (χ1) is 9.58. The zero-order valence-electron chi connectivity index (χ0n) is 11.8. The van der Waals surface area contributed by atoms with E-state index in [1.165, 1.54) is 11.8 Å². The van der Waals surface area contributed by atoms with Gasteiger partial charge in [-0.1, -0.05) is 55.9 Å². The van der Waals surface area contributed by atoms with Crippen molar-refractivity contribution in [1.82, 2.24) is 10.2 Å². The molecule has 0 spiro atoms. The monoisotopic (exact) mass is 292 g/mol. The molecule has 20 heavy (non-hydrogen) atoms. The summed E-state index contributed by atoms with van der Waals surface area (Å²) in [5.41, 5.74) is 1.10. The molecule has 1 aliphatic heterocycles. The summed E-state index contributed by atoms with van der Waals surface area (Å²) >= 11 is 1.28. The molecular weight excluding hydrogens is 272 g/mol. The van der Waals surface area contributed by atoms with Gasteiger partial charge in [-0.15, -0.1) is 0 Å². The van der Waals surface area contributed by atoms with Crippen LogP contribution in [0.15, 0.2) is 30.3 Å². The SMILES string of the molecule is CC(C)[C@H](NC(=O)CN1CCSC1=O)c1ccccc1. The highest BCUT2D eigenvalue weighted by atomic mass is 32.2. The molecular formula is C15H20N2O2S. The molecule has 5 heteroatoms. The lowest BCUT2D eigenvalue weighted by Crippen LogP contribution is -2.40. The Bertz CT molecular complexity index is 476. The van der Waals surface area contributed by atoms with Gasteiger partial charge in [-0.05, 0) is 11.5 Å². The maximum absolute atomic E-state index is 12.1. The number of benzene rings is 1. The normalized spacial score (nSPS) is 16.6. The fourth-order valence-corrected chi connectivity index (χ4v) is 3.08. The third kappa shape index (κ3) is 3.76. The number of nitrogens with zero attached hydrogens (tertiary/aromatic N) is 1. The molecule has 1 atom stereocenters. The fourth-order valence-electron chi connectivity index (χ4n) is 2.26. The van der Waals surface area contributed by atoms with Gasteiger partial charge in [-0.25, -0.2) is 0 Å². The van der Waals surface area contributed by atoms with Gasteiger partial charge >= 0.3 is 0 Å². The van der Waals surface area contributed by atoms with Gasteiger partial charge in [0, 0.05) is 12.3 Å². The van der Waals surface area contributed by atoms with Crippen molar-refractivity contribution in [3.05, 3.63) is 35.9 Å². The zero-order chi connectivity index (χ0) is 14.5. The van der Waals surface area contributed by atoms with Crippen LogP contribution in [-0.2, 0) is 4.79 Å². The zero-order valence-corrected chi connectivity index (χ0v) is 12.7. The van der Waals surface area contributed by atoms with Crippen LogP contribution < -0.4 is 5.32 Å². The first-order valence-corrected chi connectivity index (χ1v) is 7.82. The van der Waals surface area contributed by atoms with Crippen molar-refractivity contribution in [1.29, 1.82) is 0 Å². The molecule has 108 valence electrons. The quantitative estimate of drug-likeness (QED) is 0.907. The van der Waals surface area contributed by atoms with E-state index in [1.807, 2.05) is 30.3 Å². The van der Waals surface area contributed by atoms with Gasteiger partial charge in [0.25, 0.3) is 5.24 Å². The number of carbonyl (C=O) groups excluding carboxylic acids is 2. The highest BCUT2D eigenvalue weighted by Gasteiger charge is 2.25. The van der Waals surface area contributed by atoms with Crippen LogP contribution >= 0.6 is 11.8 Å². The number of thioether (sulfide) groups is 1. The molecule has 0 bridgehead atoms. The second-order valence-electron chi connectivity index (χ2n) is 5.24. The van der Waals surface area contributed by atoms with Crippen LogP contribution in [0.25, 0.3) is 0 Å². The Morgan fingerprint density at radius 1 is 1.35 bits per heavy atom. The highest BCUT2D eigenvalue weighted by Crippen LogP contribution is 2.22. The minimum absolute atomic E-state index is 0.000887. The van der Waals surface area contributed by atoms with Crippen molar-refractivity contribution in [3.63, 3.8) is 0 Å². The molecule has 0 aliphatic carbocycles. The Labute approximate surface area is 123 Å². The second-order valence-corrected chi connectivity index (χ2v) is 6.28. The van der Waals surface area contributed by atoms with E-state index in [0.717, 1.165) is 11.3 Å². The molecule has 1 N–H and O–H groups in total. The average Bonchev–Trinajstić information content (AvgIpc) is 2.82. The highest BCUT2D eigenvalue weighted by molar-refractivity contribution is 8.13. The van der Waals surface area contributed by atoms with Crippen LogP contribution in [0.2, 0.25) is 0 Å². The summed E-state index contributed by atoms with van der Waals surface area (Å²) < 4.78 is 0. The Balaban J connectivity index is 1.98. The van der Waals surface area contributed by atoms with Gasteiger partial charge in [-0.3, -0.25) is 9.59 Å². The van der Waals surface area contributed by atoms with Gasteiger partial charge in [0.15, 0.2) is 0 Å². The van der Waals surface area contributed by atoms with Gasteiger partial charge in [0.2, 0.25) is 5.91 Å². The summed E-state index contributed by atoms with van der Waals surface area (Å²) in [6, 6.07) is 9.91. The Hall–Kier alpha value is -1.49. The summed E-state index contributed by atoms with van der Waals surface area (Å²) in [5, 5.41) is 3.04. The summed E-state index contributed by atoms with van der Waals surface area (Å²) in [7, 11) is 0. The van der Waals surface area contributed by atoms with E-state index in [9.17, 15) is 9.59 Å². The third-order valence-electron chi connectivity index (χ3n) is 3.32. The predicted octanol–water partition coefficient (Wildman–Crippen LogP) is 2.67. The first-order valence-electron chi connectivity index (χ1n) is 6.84. The predicted molar refractivity (Wildman–Crippen MR) is 81.6 cm³/mol. The Morgan fingerprint density at radius 2 is 2.05 bits per heavy atom. The van der Waals surface area contributed by atoms with Crippen molar-refractivity contribution >= 4 is 22.9 Å². The summed E-state index contributed by atoms with van der Waals surface area (Å²) in [5.74, 6) is 0.978. The molecule has 1 heterocycles. The topological polar surface area (TPSA) is 49.4 Å². The second kappa shape index (κ2) is 6.79. The fraction of sp³-hybridized carbons (Fsp3) is 0.467. The van der Waals surface area contributed by atoms with Crippen molar-refractivity contribution in [2.24, 2.45) is 5.92 Å². The maximum atomic E-state index is 12.1. The largest absolute Gasteiger partial charge is 0.347 e. The molecule has 0 saturated carbocycles. The number of nitrogens with one attached hydrogen (secondary N) is 1. The van der Waals surface area contributed by atoms with E-state index in [1.54, 1.807) is 4.90 Å². The molecule has 4 nitrogen and oxygen atoms in total. The van der Waals surface area contributed by atoms with Crippen molar-refractivity contribution in [3.8, 4) is 0 Å². The van der Waals surface area contributed by atoms with Crippen LogP contribution in [0, 0.1) is 5.92 Å². The Morgan fingerprint density at radius 3 is 2.60 bits per heavy atom. The van der Waals surface area contributed by atoms with Gasteiger partial charge in [0.1, 0.15) is 6.54 Å². The molecule has 2 rings (SSSR count). The van der Waals surface area contributed by atoms with Crippen LogP contribution in [0.4, 0.5) is 4.79 Å². The molecule has 1 aromatic rings. The molecule has 1 aliphatic rings. The third-order valence-corrected chi connectivity index (χ3v) is 4.21. The number of hydrogen-bond acceptors (Lipinski definition) is 3. The lowest BCUT2D eigenvalue weighted by molar-refractivity contribution is -0.122. The average molecular weight is 292 g/mol.